The van der Waals surface area contributed by atoms with Crippen LogP contribution in [0.25, 0.3) is 11.6 Å². The summed E-state index contributed by atoms with van der Waals surface area (Å²) in [5.41, 5.74) is 0.372. The van der Waals surface area contributed by atoms with Crippen LogP contribution in [-0.2, 0) is 11.3 Å². The molecule has 3 aromatic rings. The van der Waals surface area contributed by atoms with Crippen molar-refractivity contribution >= 4 is 23.4 Å². The summed E-state index contributed by atoms with van der Waals surface area (Å²) in [5, 5.41) is 21.2. The summed E-state index contributed by atoms with van der Waals surface area (Å²) < 4.78 is 7.19. The largest absolute Gasteiger partial charge is 0.506 e. The summed E-state index contributed by atoms with van der Waals surface area (Å²) in [5.74, 6) is 1.07. The minimum absolute atomic E-state index is 0.0239. The molecule has 0 saturated heterocycles. The maximum absolute atomic E-state index is 12.1. The molecule has 0 aliphatic carbocycles. The molecular formula is C17H16N4O3S. The molecule has 2 aromatic heterocycles. The second kappa shape index (κ2) is 7.71. The summed E-state index contributed by atoms with van der Waals surface area (Å²) in [6, 6.07) is 10.1. The lowest BCUT2D eigenvalue weighted by Gasteiger charge is -2.08. The SMILES string of the molecule is C=CCn1c(SCC(=O)Nc2ccccc2O)nnc1-c1ccco1. The molecule has 3 rings (SSSR count). The van der Waals surface area contributed by atoms with E-state index in [0.29, 0.717) is 29.0 Å². The maximum atomic E-state index is 12.1. The van der Waals surface area contributed by atoms with Crippen molar-refractivity contribution in [1.82, 2.24) is 14.8 Å². The number of furan rings is 1. The van der Waals surface area contributed by atoms with E-state index in [9.17, 15) is 9.90 Å². The van der Waals surface area contributed by atoms with Crippen molar-refractivity contribution in [3.05, 3.63) is 55.3 Å². The number of carbonyl (C=O) groups is 1. The molecule has 0 atom stereocenters. The van der Waals surface area contributed by atoms with Crippen LogP contribution in [0.3, 0.4) is 0 Å². The molecule has 0 bridgehead atoms. The van der Waals surface area contributed by atoms with Gasteiger partial charge in [-0.15, -0.1) is 16.8 Å². The fraction of sp³-hybridized carbons (Fsp3) is 0.118. The third-order valence-electron chi connectivity index (χ3n) is 3.28. The van der Waals surface area contributed by atoms with E-state index in [4.69, 9.17) is 4.42 Å². The molecule has 0 saturated carbocycles. The predicted molar refractivity (Wildman–Crippen MR) is 95.4 cm³/mol. The van der Waals surface area contributed by atoms with Crippen LogP contribution < -0.4 is 5.32 Å². The zero-order valence-corrected chi connectivity index (χ0v) is 14.1. The van der Waals surface area contributed by atoms with Crippen molar-refractivity contribution < 1.29 is 14.3 Å². The number of benzene rings is 1. The van der Waals surface area contributed by atoms with Gasteiger partial charge in [0.2, 0.25) is 11.7 Å². The lowest BCUT2D eigenvalue weighted by Crippen LogP contribution is -2.14. The number of aromatic nitrogens is 3. The Bertz CT molecular complexity index is 874. The molecule has 1 amide bonds. The Hall–Kier alpha value is -3.00. The van der Waals surface area contributed by atoms with E-state index < -0.39 is 0 Å². The highest BCUT2D eigenvalue weighted by atomic mass is 32.2. The Morgan fingerprint density at radius 1 is 1.32 bits per heavy atom. The lowest BCUT2D eigenvalue weighted by molar-refractivity contribution is -0.113. The summed E-state index contributed by atoms with van der Waals surface area (Å²) in [4.78, 5) is 12.1. The number of aromatic hydroxyl groups is 1. The fourth-order valence-electron chi connectivity index (χ4n) is 2.17. The second-order valence-electron chi connectivity index (χ2n) is 5.04. The number of carbonyl (C=O) groups excluding carboxylic acids is 1. The number of hydrogen-bond acceptors (Lipinski definition) is 6. The number of nitrogens with one attached hydrogen (secondary N) is 1. The van der Waals surface area contributed by atoms with Gasteiger partial charge in [-0.1, -0.05) is 30.0 Å². The lowest BCUT2D eigenvalue weighted by atomic mass is 10.3. The standard InChI is InChI=1S/C17H16N4O3S/c1-2-9-21-16(14-8-5-10-24-14)19-20-17(21)25-11-15(23)18-12-6-3-4-7-13(12)22/h2-8,10,22H,1,9,11H2,(H,18,23). The predicted octanol–water partition coefficient (Wildman–Crippen LogP) is 3.16. The average molecular weight is 356 g/mol. The number of hydrogen-bond donors (Lipinski definition) is 2. The average Bonchev–Trinajstić information content (AvgIpc) is 3.25. The number of para-hydroxylation sites is 2. The summed E-state index contributed by atoms with van der Waals surface area (Å²) in [6.07, 6.45) is 3.29. The quantitative estimate of drug-likeness (QED) is 0.384. The van der Waals surface area contributed by atoms with Crippen LogP contribution in [0.5, 0.6) is 5.75 Å². The number of anilines is 1. The van der Waals surface area contributed by atoms with Crippen molar-refractivity contribution in [2.24, 2.45) is 0 Å². The first-order valence-corrected chi connectivity index (χ1v) is 8.46. The number of nitrogens with zero attached hydrogens (tertiary/aromatic N) is 3. The van der Waals surface area contributed by atoms with Crippen LogP contribution in [-0.4, -0.2) is 31.5 Å². The summed E-state index contributed by atoms with van der Waals surface area (Å²) in [6.45, 7) is 4.23. The Balaban J connectivity index is 1.69. The Morgan fingerprint density at radius 2 is 2.16 bits per heavy atom. The van der Waals surface area contributed by atoms with Gasteiger partial charge >= 0.3 is 0 Å². The van der Waals surface area contributed by atoms with Crippen LogP contribution in [0.2, 0.25) is 0 Å². The third kappa shape index (κ3) is 3.92. The highest BCUT2D eigenvalue weighted by Gasteiger charge is 2.16. The van der Waals surface area contributed by atoms with Gasteiger partial charge in [0.15, 0.2) is 10.9 Å². The van der Waals surface area contributed by atoms with Crippen LogP contribution in [0.4, 0.5) is 5.69 Å². The van der Waals surface area contributed by atoms with Gasteiger partial charge in [-0.3, -0.25) is 9.36 Å². The van der Waals surface area contributed by atoms with E-state index >= 15 is 0 Å². The fourth-order valence-corrected chi connectivity index (χ4v) is 2.92. The Labute approximate surface area is 148 Å². The maximum Gasteiger partial charge on any atom is 0.234 e. The molecule has 7 nitrogen and oxygen atoms in total. The molecule has 0 fully saturated rings. The van der Waals surface area contributed by atoms with E-state index in [1.807, 2.05) is 4.57 Å². The minimum Gasteiger partial charge on any atom is -0.506 e. The van der Waals surface area contributed by atoms with Crippen LogP contribution in [0.1, 0.15) is 0 Å². The van der Waals surface area contributed by atoms with Crippen LogP contribution in [0.15, 0.2) is 64.9 Å². The Morgan fingerprint density at radius 3 is 2.88 bits per heavy atom. The van der Waals surface area contributed by atoms with E-state index in [2.05, 4.69) is 22.1 Å². The van der Waals surface area contributed by atoms with Gasteiger partial charge in [0.05, 0.1) is 17.7 Å². The number of rotatable bonds is 7. The van der Waals surface area contributed by atoms with Crippen molar-refractivity contribution in [2.45, 2.75) is 11.7 Å². The number of phenols is 1. The molecule has 0 spiro atoms. The summed E-state index contributed by atoms with van der Waals surface area (Å²) in [7, 11) is 0. The Kier molecular flexibility index (Phi) is 5.20. The van der Waals surface area contributed by atoms with Gasteiger partial charge in [0.1, 0.15) is 5.75 Å². The first-order chi connectivity index (χ1) is 12.2. The molecule has 25 heavy (non-hydrogen) atoms. The van der Waals surface area contributed by atoms with Crippen molar-refractivity contribution in [3.63, 3.8) is 0 Å². The second-order valence-corrected chi connectivity index (χ2v) is 5.98. The minimum atomic E-state index is -0.251. The number of phenolic OH excluding ortho intramolecular Hbond substituents is 1. The number of allylic oxidation sites excluding steroid dienone is 1. The molecule has 1 aromatic carbocycles. The van der Waals surface area contributed by atoms with Gasteiger partial charge < -0.3 is 14.8 Å². The van der Waals surface area contributed by atoms with Crippen molar-refractivity contribution in [3.8, 4) is 17.3 Å². The zero-order valence-electron chi connectivity index (χ0n) is 13.3. The molecule has 0 unspecified atom stereocenters. The molecule has 2 heterocycles. The zero-order chi connectivity index (χ0) is 17.6. The van der Waals surface area contributed by atoms with Gasteiger partial charge in [-0.05, 0) is 24.3 Å². The smallest absolute Gasteiger partial charge is 0.234 e. The highest BCUT2D eigenvalue weighted by molar-refractivity contribution is 7.99. The summed E-state index contributed by atoms with van der Waals surface area (Å²) >= 11 is 1.24. The number of thioether (sulfide) groups is 1. The van der Waals surface area contributed by atoms with Gasteiger partial charge in [0, 0.05) is 6.54 Å². The van der Waals surface area contributed by atoms with Gasteiger partial charge in [-0.2, -0.15) is 0 Å². The molecular weight excluding hydrogens is 340 g/mol. The topological polar surface area (TPSA) is 93.2 Å². The third-order valence-corrected chi connectivity index (χ3v) is 4.25. The van der Waals surface area contributed by atoms with E-state index in [0.717, 1.165) is 0 Å². The molecule has 0 aliphatic rings. The molecule has 128 valence electrons. The first-order valence-electron chi connectivity index (χ1n) is 7.47. The molecule has 0 aliphatic heterocycles. The molecule has 2 N–H and O–H groups in total. The van der Waals surface area contributed by atoms with E-state index in [1.165, 1.54) is 17.8 Å². The van der Waals surface area contributed by atoms with Gasteiger partial charge in [0.25, 0.3) is 0 Å². The monoisotopic (exact) mass is 356 g/mol. The van der Waals surface area contributed by atoms with E-state index in [-0.39, 0.29) is 17.4 Å². The van der Waals surface area contributed by atoms with Gasteiger partial charge in [-0.25, -0.2) is 0 Å². The molecule has 8 heteroatoms. The first kappa shape index (κ1) is 16.8. The van der Waals surface area contributed by atoms with Crippen molar-refractivity contribution in [2.75, 3.05) is 11.1 Å². The van der Waals surface area contributed by atoms with Crippen molar-refractivity contribution in [1.29, 1.82) is 0 Å². The van der Waals surface area contributed by atoms with Crippen LogP contribution >= 0.6 is 11.8 Å². The molecule has 0 radical (unpaired) electrons. The van der Waals surface area contributed by atoms with Crippen LogP contribution in [0, 0.1) is 0 Å². The number of amides is 1. The van der Waals surface area contributed by atoms with E-state index in [1.54, 1.807) is 42.7 Å². The normalized spacial score (nSPS) is 10.6. The highest BCUT2D eigenvalue weighted by Crippen LogP contribution is 2.25.